The minimum atomic E-state index is -0.436. The molecule has 162 valence electrons. The van der Waals surface area contributed by atoms with Gasteiger partial charge in [0.2, 0.25) is 5.91 Å². The first-order chi connectivity index (χ1) is 15.6. The smallest absolute Gasteiger partial charge is 0.242 e. The molecule has 0 unspecified atom stereocenters. The lowest BCUT2D eigenvalue weighted by Crippen LogP contribution is -2.20. The molecule has 5 rings (SSSR count). The van der Waals surface area contributed by atoms with Crippen LogP contribution in [0.3, 0.4) is 0 Å². The van der Waals surface area contributed by atoms with Crippen LogP contribution >= 0.6 is 23.1 Å². The van der Waals surface area contributed by atoms with Crippen molar-refractivity contribution in [2.75, 3.05) is 5.32 Å². The van der Waals surface area contributed by atoms with Crippen LogP contribution in [0.2, 0.25) is 0 Å². The normalized spacial score (nSPS) is 14.3. The Morgan fingerprint density at radius 1 is 1.09 bits per heavy atom. The Labute approximate surface area is 195 Å². The third kappa shape index (κ3) is 4.36. The molecule has 2 aromatic carbocycles. The Kier molecular flexibility index (Phi) is 5.85. The summed E-state index contributed by atoms with van der Waals surface area (Å²) in [6, 6.07) is 20.5. The summed E-state index contributed by atoms with van der Waals surface area (Å²) in [5.41, 5.74) is 3.95. The Hall–Kier alpha value is -2.90. The maximum absolute atomic E-state index is 13.5. The summed E-state index contributed by atoms with van der Waals surface area (Å²) in [6.45, 7) is 4.04. The average Bonchev–Trinajstić information content (AvgIpc) is 3.31. The van der Waals surface area contributed by atoms with Gasteiger partial charge in [0.05, 0.1) is 4.88 Å². The summed E-state index contributed by atoms with van der Waals surface area (Å²) >= 11 is 3.14. The number of carbonyl (C=O) groups is 1. The van der Waals surface area contributed by atoms with Crippen molar-refractivity contribution in [3.05, 3.63) is 82.7 Å². The highest BCUT2D eigenvalue weighted by Gasteiger charge is 2.33. The van der Waals surface area contributed by atoms with Gasteiger partial charge in [-0.3, -0.25) is 9.36 Å². The average molecular weight is 461 g/mol. The van der Waals surface area contributed by atoms with Gasteiger partial charge in [-0.2, -0.15) is 0 Å². The molecular weight excluding hydrogens is 436 g/mol. The Morgan fingerprint density at radius 3 is 2.62 bits per heavy atom. The van der Waals surface area contributed by atoms with Gasteiger partial charge in [-0.05, 0) is 60.9 Å². The lowest BCUT2D eigenvalue weighted by Gasteiger charge is -2.18. The molecule has 1 aliphatic rings. The highest BCUT2D eigenvalue weighted by Crippen LogP contribution is 2.45. The number of nitrogens with one attached hydrogen (secondary N) is 1. The highest BCUT2D eigenvalue weighted by atomic mass is 32.2. The quantitative estimate of drug-likeness (QED) is 0.323. The number of rotatable bonds is 7. The number of hydrogen-bond donors (Lipinski definition) is 1. The predicted molar refractivity (Wildman–Crippen MR) is 131 cm³/mol. The van der Waals surface area contributed by atoms with E-state index < -0.39 is 5.25 Å². The number of nitrogens with zero attached hydrogens (tertiary/aromatic N) is 3. The summed E-state index contributed by atoms with van der Waals surface area (Å²) in [6.07, 6.45) is 2.24. The van der Waals surface area contributed by atoms with E-state index in [1.165, 1.54) is 11.8 Å². The van der Waals surface area contributed by atoms with Crippen molar-refractivity contribution in [1.82, 2.24) is 14.8 Å². The number of carbonyl (C=O) groups excluding carboxylic acids is 1. The molecule has 4 aromatic rings. The zero-order valence-corrected chi connectivity index (χ0v) is 19.6. The van der Waals surface area contributed by atoms with Crippen molar-refractivity contribution >= 4 is 34.7 Å². The molecule has 32 heavy (non-hydrogen) atoms. The van der Waals surface area contributed by atoms with Crippen LogP contribution in [-0.2, 0) is 4.79 Å². The van der Waals surface area contributed by atoms with Crippen LogP contribution in [0.1, 0.15) is 40.8 Å². The van der Waals surface area contributed by atoms with E-state index in [0.717, 1.165) is 51.1 Å². The fraction of sp³-hybridized carbons (Fsp3) is 0.240. The minimum Gasteiger partial charge on any atom is -0.325 e. The van der Waals surface area contributed by atoms with Crippen molar-refractivity contribution in [3.8, 4) is 10.7 Å². The van der Waals surface area contributed by atoms with E-state index in [-0.39, 0.29) is 5.91 Å². The Morgan fingerprint density at radius 2 is 1.91 bits per heavy atom. The van der Waals surface area contributed by atoms with Gasteiger partial charge >= 0.3 is 0 Å². The molecule has 0 saturated heterocycles. The molecule has 1 aliphatic carbocycles. The minimum absolute atomic E-state index is 0.0575. The first-order valence-electron chi connectivity index (χ1n) is 10.7. The molecule has 1 fully saturated rings. The van der Waals surface area contributed by atoms with E-state index in [1.54, 1.807) is 11.3 Å². The fourth-order valence-corrected chi connectivity index (χ4v) is 5.48. The predicted octanol–water partition coefficient (Wildman–Crippen LogP) is 6.43. The van der Waals surface area contributed by atoms with Gasteiger partial charge in [0.15, 0.2) is 11.0 Å². The summed E-state index contributed by atoms with van der Waals surface area (Å²) in [4.78, 5) is 14.6. The van der Waals surface area contributed by atoms with E-state index in [9.17, 15) is 4.79 Å². The largest absolute Gasteiger partial charge is 0.325 e. The van der Waals surface area contributed by atoms with Gasteiger partial charge in [-0.25, -0.2) is 0 Å². The summed E-state index contributed by atoms with van der Waals surface area (Å²) in [5, 5.41) is 14.6. The van der Waals surface area contributed by atoms with Crippen molar-refractivity contribution in [2.45, 2.75) is 43.1 Å². The van der Waals surface area contributed by atoms with Crippen LogP contribution in [0, 0.1) is 13.8 Å². The number of amides is 1. The van der Waals surface area contributed by atoms with Gasteiger partial charge in [0.1, 0.15) is 5.25 Å². The molecule has 2 heterocycles. The third-order valence-electron chi connectivity index (χ3n) is 5.53. The molecule has 0 aliphatic heterocycles. The van der Waals surface area contributed by atoms with E-state index in [4.69, 9.17) is 0 Å². The molecule has 1 amide bonds. The van der Waals surface area contributed by atoms with Gasteiger partial charge in [-0.15, -0.1) is 21.5 Å². The number of benzene rings is 2. The van der Waals surface area contributed by atoms with Crippen molar-refractivity contribution in [2.24, 2.45) is 0 Å². The highest BCUT2D eigenvalue weighted by molar-refractivity contribution is 8.00. The first kappa shape index (κ1) is 21.0. The molecule has 1 atom stereocenters. The number of aromatic nitrogens is 3. The fourth-order valence-electron chi connectivity index (χ4n) is 3.67. The second kappa shape index (κ2) is 8.92. The van der Waals surface area contributed by atoms with Crippen LogP contribution in [0.4, 0.5) is 5.69 Å². The summed E-state index contributed by atoms with van der Waals surface area (Å²) < 4.78 is 2.22. The van der Waals surface area contributed by atoms with Gasteiger partial charge < -0.3 is 5.32 Å². The molecular formula is C25H24N4OS2. The lowest BCUT2D eigenvalue weighted by atomic mass is 10.1. The van der Waals surface area contributed by atoms with Crippen LogP contribution in [-0.4, -0.2) is 20.7 Å². The van der Waals surface area contributed by atoms with Crippen molar-refractivity contribution in [3.63, 3.8) is 0 Å². The molecule has 2 aromatic heterocycles. The Balaban J connectivity index is 1.49. The topological polar surface area (TPSA) is 59.8 Å². The zero-order chi connectivity index (χ0) is 22.1. The van der Waals surface area contributed by atoms with E-state index in [2.05, 4.69) is 37.6 Å². The van der Waals surface area contributed by atoms with Gasteiger partial charge in [0, 0.05) is 11.7 Å². The standard InChI is InChI=1S/C25H24N4OS2/c1-16-10-11-17(2)20(15-16)26-24(30)22(18-7-4-3-5-8-18)32-25-28-27-23(21-9-6-14-31-21)29(25)19-12-13-19/h3-11,14-15,19,22H,12-13H2,1-2H3,(H,26,30)/t22-/m1/s1. The van der Waals surface area contributed by atoms with Gasteiger partial charge in [-0.1, -0.05) is 60.3 Å². The molecule has 5 nitrogen and oxygen atoms in total. The van der Waals surface area contributed by atoms with Crippen LogP contribution in [0.5, 0.6) is 0 Å². The molecule has 1 N–H and O–H groups in total. The zero-order valence-electron chi connectivity index (χ0n) is 18.0. The van der Waals surface area contributed by atoms with E-state index in [0.29, 0.717) is 6.04 Å². The molecule has 0 radical (unpaired) electrons. The molecule has 7 heteroatoms. The number of thioether (sulfide) groups is 1. The lowest BCUT2D eigenvalue weighted by molar-refractivity contribution is -0.115. The monoisotopic (exact) mass is 460 g/mol. The number of hydrogen-bond acceptors (Lipinski definition) is 5. The number of thiophene rings is 1. The molecule has 0 bridgehead atoms. The third-order valence-corrected chi connectivity index (χ3v) is 7.61. The summed E-state index contributed by atoms with van der Waals surface area (Å²) in [7, 11) is 0. The maximum Gasteiger partial charge on any atom is 0.242 e. The maximum atomic E-state index is 13.5. The van der Waals surface area contributed by atoms with Crippen LogP contribution in [0.25, 0.3) is 10.7 Å². The first-order valence-corrected chi connectivity index (χ1v) is 12.4. The SMILES string of the molecule is Cc1ccc(C)c(NC(=O)[C@H](Sc2nnc(-c3cccs3)n2C2CC2)c2ccccc2)c1. The van der Waals surface area contributed by atoms with E-state index in [1.807, 2.05) is 62.4 Å². The second-order valence-corrected chi connectivity index (χ2v) is 10.1. The van der Waals surface area contributed by atoms with Gasteiger partial charge in [0.25, 0.3) is 0 Å². The number of aryl methyl sites for hydroxylation is 2. The van der Waals surface area contributed by atoms with Crippen LogP contribution in [0.15, 0.2) is 71.2 Å². The van der Waals surface area contributed by atoms with Crippen molar-refractivity contribution in [1.29, 1.82) is 0 Å². The summed E-state index contributed by atoms with van der Waals surface area (Å²) in [5.74, 6) is 0.838. The van der Waals surface area contributed by atoms with Crippen LogP contribution < -0.4 is 5.32 Å². The molecule has 1 saturated carbocycles. The number of anilines is 1. The van der Waals surface area contributed by atoms with E-state index >= 15 is 0 Å². The Bertz CT molecular complexity index is 1230. The molecule has 0 spiro atoms. The van der Waals surface area contributed by atoms with Crippen molar-refractivity contribution < 1.29 is 4.79 Å². The second-order valence-electron chi connectivity index (χ2n) is 8.10.